The number of rotatable bonds is 3. The molecule has 0 N–H and O–H groups in total. The fraction of sp³-hybridized carbons (Fsp3) is 0.0870. The van der Waals surface area contributed by atoms with Gasteiger partial charge >= 0.3 is 0 Å². The van der Waals surface area contributed by atoms with Crippen molar-refractivity contribution in [2.24, 2.45) is 0 Å². The molecule has 3 aromatic carbocycles. The van der Waals surface area contributed by atoms with E-state index in [-0.39, 0.29) is 0 Å². The lowest BCUT2D eigenvalue weighted by Gasteiger charge is -2.11. The molecule has 0 saturated heterocycles. The van der Waals surface area contributed by atoms with Crippen LogP contribution in [0, 0.1) is 13.8 Å². The van der Waals surface area contributed by atoms with Gasteiger partial charge in [0.2, 0.25) is 0 Å². The summed E-state index contributed by atoms with van der Waals surface area (Å²) in [5.74, 6) is 0. The molecule has 0 aliphatic heterocycles. The van der Waals surface area contributed by atoms with E-state index in [9.17, 15) is 0 Å². The van der Waals surface area contributed by atoms with Crippen molar-refractivity contribution in [2.75, 3.05) is 0 Å². The van der Waals surface area contributed by atoms with Crippen molar-refractivity contribution in [3.63, 3.8) is 0 Å². The zero-order valence-corrected chi connectivity index (χ0v) is 14.5. The maximum Gasteiger partial charge on any atom is 0.0934 e. The minimum atomic E-state index is 0.988. The molecule has 4 rings (SSSR count). The van der Waals surface area contributed by atoms with E-state index in [2.05, 4.69) is 97.4 Å². The number of hydrogen-bond acceptors (Lipinski definition) is 1. The van der Waals surface area contributed by atoms with Gasteiger partial charge in [-0.3, -0.25) is 0 Å². The van der Waals surface area contributed by atoms with E-state index in [1.807, 2.05) is 6.07 Å². The highest BCUT2D eigenvalue weighted by Gasteiger charge is 2.15. The summed E-state index contributed by atoms with van der Waals surface area (Å²) < 4.78 is 2.07. The van der Waals surface area contributed by atoms with E-state index in [0.29, 0.717) is 0 Å². The number of hydrogen-bond donors (Lipinski definition) is 0. The highest BCUT2D eigenvalue weighted by atomic mass is 15.3. The molecule has 0 aliphatic rings. The maximum absolute atomic E-state index is 4.95. The lowest BCUT2D eigenvalue weighted by atomic mass is 10.0. The summed E-state index contributed by atoms with van der Waals surface area (Å²) in [5.41, 5.74) is 8.01. The van der Waals surface area contributed by atoms with Gasteiger partial charge in [-0.25, -0.2) is 4.68 Å². The first-order valence-electron chi connectivity index (χ1n) is 8.51. The van der Waals surface area contributed by atoms with Gasteiger partial charge in [-0.1, -0.05) is 72.8 Å². The molecule has 4 aromatic rings. The topological polar surface area (TPSA) is 17.8 Å². The Hall–Kier alpha value is -3.13. The van der Waals surface area contributed by atoms with Gasteiger partial charge in [0.15, 0.2) is 0 Å². The molecule has 0 spiro atoms. The summed E-state index contributed by atoms with van der Waals surface area (Å²) in [4.78, 5) is 0. The van der Waals surface area contributed by atoms with Gasteiger partial charge in [0.25, 0.3) is 0 Å². The number of nitrogens with zero attached hydrogens (tertiary/aromatic N) is 2. The highest BCUT2D eigenvalue weighted by Crippen LogP contribution is 2.31. The van der Waals surface area contributed by atoms with Crippen LogP contribution in [0.2, 0.25) is 0 Å². The third-order valence-corrected chi connectivity index (χ3v) is 4.54. The lowest BCUT2D eigenvalue weighted by molar-refractivity contribution is 0.883. The van der Waals surface area contributed by atoms with E-state index in [1.165, 1.54) is 16.7 Å². The molecule has 2 nitrogen and oxygen atoms in total. The van der Waals surface area contributed by atoms with Gasteiger partial charge < -0.3 is 0 Å². The van der Waals surface area contributed by atoms with Gasteiger partial charge in [-0.2, -0.15) is 5.10 Å². The van der Waals surface area contributed by atoms with Crippen LogP contribution in [0.25, 0.3) is 28.2 Å². The molecule has 122 valence electrons. The Morgan fingerprint density at radius 1 is 0.680 bits per heavy atom. The van der Waals surface area contributed by atoms with Crippen molar-refractivity contribution in [1.82, 2.24) is 9.78 Å². The number of aromatic nitrogens is 2. The Morgan fingerprint density at radius 2 is 1.32 bits per heavy atom. The SMILES string of the molecule is Cc1ccccc1-c1cc(-c2ccccc2)nn1-c1ccccc1C. The second-order valence-electron chi connectivity index (χ2n) is 6.29. The van der Waals surface area contributed by atoms with Crippen molar-refractivity contribution >= 4 is 0 Å². The Morgan fingerprint density at radius 3 is 2.04 bits per heavy atom. The molecule has 0 radical (unpaired) electrons. The van der Waals surface area contributed by atoms with Crippen molar-refractivity contribution in [3.05, 3.63) is 96.1 Å². The summed E-state index contributed by atoms with van der Waals surface area (Å²) in [5, 5.41) is 4.95. The molecule has 0 saturated carbocycles. The van der Waals surface area contributed by atoms with E-state index >= 15 is 0 Å². The van der Waals surface area contributed by atoms with E-state index in [1.54, 1.807) is 0 Å². The van der Waals surface area contributed by atoms with Crippen LogP contribution in [-0.2, 0) is 0 Å². The monoisotopic (exact) mass is 324 g/mol. The van der Waals surface area contributed by atoms with E-state index in [0.717, 1.165) is 22.6 Å². The standard InChI is InChI=1S/C23H20N2/c1-17-10-6-8-14-20(17)23-16-21(19-12-4-3-5-13-19)24-25(23)22-15-9-7-11-18(22)2/h3-16H,1-2H3. The highest BCUT2D eigenvalue weighted by molar-refractivity contribution is 5.72. The van der Waals surface area contributed by atoms with Crippen LogP contribution in [0.3, 0.4) is 0 Å². The van der Waals surface area contributed by atoms with E-state index < -0.39 is 0 Å². The van der Waals surface area contributed by atoms with E-state index in [4.69, 9.17) is 5.10 Å². The third-order valence-electron chi connectivity index (χ3n) is 4.54. The first-order chi connectivity index (χ1) is 12.2. The van der Waals surface area contributed by atoms with Gasteiger partial charge in [-0.15, -0.1) is 0 Å². The zero-order chi connectivity index (χ0) is 17.2. The lowest BCUT2D eigenvalue weighted by Crippen LogP contribution is -2.02. The molecule has 0 aliphatic carbocycles. The Balaban J connectivity index is 1.97. The van der Waals surface area contributed by atoms with Crippen LogP contribution >= 0.6 is 0 Å². The molecule has 0 amide bonds. The molecule has 0 fully saturated rings. The zero-order valence-electron chi connectivity index (χ0n) is 14.5. The van der Waals surface area contributed by atoms with Crippen molar-refractivity contribution in [2.45, 2.75) is 13.8 Å². The van der Waals surface area contributed by atoms with Gasteiger partial charge in [0.05, 0.1) is 17.1 Å². The molecule has 25 heavy (non-hydrogen) atoms. The Bertz CT molecular complexity index is 950. The second kappa shape index (κ2) is 6.40. The average Bonchev–Trinajstić information content (AvgIpc) is 3.08. The van der Waals surface area contributed by atoms with Gasteiger partial charge in [0, 0.05) is 11.1 Å². The summed E-state index contributed by atoms with van der Waals surface area (Å²) in [7, 11) is 0. The molecule has 1 heterocycles. The van der Waals surface area contributed by atoms with Crippen molar-refractivity contribution in [3.8, 4) is 28.2 Å². The molecule has 0 atom stereocenters. The third kappa shape index (κ3) is 2.87. The van der Waals surface area contributed by atoms with Crippen LogP contribution in [0.1, 0.15) is 11.1 Å². The van der Waals surface area contributed by atoms with Crippen LogP contribution in [-0.4, -0.2) is 9.78 Å². The summed E-state index contributed by atoms with van der Waals surface area (Å²) in [6.07, 6.45) is 0. The number of benzene rings is 3. The molecule has 0 bridgehead atoms. The fourth-order valence-corrected chi connectivity index (χ4v) is 3.17. The molecule has 2 heteroatoms. The average molecular weight is 324 g/mol. The van der Waals surface area contributed by atoms with Crippen molar-refractivity contribution in [1.29, 1.82) is 0 Å². The molecule has 0 unspecified atom stereocenters. The maximum atomic E-state index is 4.95. The predicted octanol–water partition coefficient (Wildman–Crippen LogP) is 5.82. The van der Waals surface area contributed by atoms with Crippen LogP contribution in [0.5, 0.6) is 0 Å². The minimum Gasteiger partial charge on any atom is -0.232 e. The first kappa shape index (κ1) is 15.4. The molecule has 1 aromatic heterocycles. The fourth-order valence-electron chi connectivity index (χ4n) is 3.17. The minimum absolute atomic E-state index is 0.988. The second-order valence-corrected chi connectivity index (χ2v) is 6.29. The first-order valence-corrected chi connectivity index (χ1v) is 8.51. The van der Waals surface area contributed by atoms with Gasteiger partial charge in [0.1, 0.15) is 0 Å². The number of aryl methyl sites for hydroxylation is 2. The van der Waals surface area contributed by atoms with Gasteiger partial charge in [-0.05, 0) is 37.1 Å². The molecular weight excluding hydrogens is 304 g/mol. The summed E-state index contributed by atoms with van der Waals surface area (Å²) >= 11 is 0. The van der Waals surface area contributed by atoms with Crippen molar-refractivity contribution < 1.29 is 0 Å². The predicted molar refractivity (Wildman–Crippen MR) is 104 cm³/mol. The number of para-hydroxylation sites is 1. The summed E-state index contributed by atoms with van der Waals surface area (Å²) in [6.45, 7) is 4.27. The Labute approximate surface area is 148 Å². The van der Waals surface area contributed by atoms with Crippen LogP contribution in [0.4, 0.5) is 0 Å². The quantitative estimate of drug-likeness (QED) is 0.464. The van der Waals surface area contributed by atoms with Crippen LogP contribution < -0.4 is 0 Å². The Kier molecular flexibility index (Phi) is 3.95. The normalized spacial score (nSPS) is 10.8. The smallest absolute Gasteiger partial charge is 0.0934 e. The molecular formula is C23H20N2. The summed E-state index contributed by atoms with van der Waals surface area (Å²) in [6, 6.07) is 29.4. The largest absolute Gasteiger partial charge is 0.232 e. The van der Waals surface area contributed by atoms with Crippen LogP contribution in [0.15, 0.2) is 84.9 Å².